The van der Waals surface area contributed by atoms with Crippen LogP contribution in [0.25, 0.3) is 10.2 Å². The molecule has 1 N–H and O–H groups in total. The Hall–Kier alpha value is -2.54. The van der Waals surface area contributed by atoms with Crippen LogP contribution in [0.1, 0.15) is 28.8 Å². The summed E-state index contributed by atoms with van der Waals surface area (Å²) in [5.74, 6) is 2.06. The van der Waals surface area contributed by atoms with Crippen LogP contribution in [0.15, 0.2) is 23.0 Å². The molecule has 0 unspecified atom stereocenters. The monoisotopic (exact) mass is 399 g/mol. The van der Waals surface area contributed by atoms with Crippen LogP contribution in [-0.2, 0) is 26.3 Å². The highest BCUT2D eigenvalue weighted by Gasteiger charge is 2.21. The Balaban J connectivity index is 1.54. The lowest BCUT2D eigenvalue weighted by molar-refractivity contribution is 0.354. The van der Waals surface area contributed by atoms with Crippen molar-refractivity contribution in [3.63, 3.8) is 0 Å². The van der Waals surface area contributed by atoms with Gasteiger partial charge in [-0.15, -0.1) is 11.3 Å². The lowest BCUT2D eigenvalue weighted by Crippen LogP contribution is -2.23. The quantitative estimate of drug-likeness (QED) is 0.687. The first-order valence-electron chi connectivity index (χ1n) is 9.58. The lowest BCUT2D eigenvalue weighted by Gasteiger charge is -2.12. The van der Waals surface area contributed by atoms with Crippen molar-refractivity contribution < 1.29 is 9.47 Å². The van der Waals surface area contributed by atoms with Gasteiger partial charge in [-0.2, -0.15) is 0 Å². The zero-order valence-corrected chi connectivity index (χ0v) is 17.3. The fraction of sp³-hybridized carbons (Fsp3) is 0.429. The summed E-state index contributed by atoms with van der Waals surface area (Å²) in [6.07, 6.45) is 5.22. The number of nitrogens with one attached hydrogen (secondary N) is 1. The third-order valence-electron chi connectivity index (χ3n) is 5.34. The van der Waals surface area contributed by atoms with E-state index in [1.165, 1.54) is 16.9 Å². The largest absolute Gasteiger partial charge is 0.493 e. The van der Waals surface area contributed by atoms with Gasteiger partial charge in [0, 0.05) is 18.5 Å². The second-order valence-corrected chi connectivity index (χ2v) is 8.14. The second kappa shape index (κ2) is 7.83. The number of aryl methyl sites for hydroxylation is 2. The normalized spacial score (nSPS) is 13.4. The molecule has 6 nitrogen and oxygen atoms in total. The minimum Gasteiger partial charge on any atom is -0.493 e. The van der Waals surface area contributed by atoms with E-state index in [0.717, 1.165) is 53.0 Å². The van der Waals surface area contributed by atoms with E-state index >= 15 is 0 Å². The van der Waals surface area contributed by atoms with Crippen molar-refractivity contribution >= 4 is 27.5 Å². The minimum atomic E-state index is 0.0537. The maximum Gasteiger partial charge on any atom is 0.263 e. The van der Waals surface area contributed by atoms with Gasteiger partial charge in [0.15, 0.2) is 11.5 Å². The smallest absolute Gasteiger partial charge is 0.263 e. The summed E-state index contributed by atoms with van der Waals surface area (Å²) in [5, 5.41) is 4.15. The lowest BCUT2D eigenvalue weighted by atomic mass is 9.97. The Labute approximate surface area is 168 Å². The number of methoxy groups -OCH3 is 2. The molecule has 7 heteroatoms. The van der Waals surface area contributed by atoms with E-state index in [2.05, 4.69) is 5.32 Å². The van der Waals surface area contributed by atoms with E-state index in [9.17, 15) is 4.79 Å². The van der Waals surface area contributed by atoms with Crippen molar-refractivity contribution in [3.05, 3.63) is 44.6 Å². The average Bonchev–Trinajstić information content (AvgIpc) is 3.09. The average molecular weight is 400 g/mol. The van der Waals surface area contributed by atoms with Gasteiger partial charge in [0.25, 0.3) is 5.56 Å². The zero-order chi connectivity index (χ0) is 19.7. The summed E-state index contributed by atoms with van der Waals surface area (Å²) in [5.41, 5.74) is 2.41. The van der Waals surface area contributed by atoms with Gasteiger partial charge in [-0.3, -0.25) is 9.36 Å². The molecule has 2 aromatic heterocycles. The fourth-order valence-corrected chi connectivity index (χ4v) is 5.05. The molecule has 0 fully saturated rings. The van der Waals surface area contributed by atoms with Crippen molar-refractivity contribution in [2.45, 2.75) is 32.1 Å². The molecule has 0 saturated heterocycles. The van der Waals surface area contributed by atoms with Gasteiger partial charge in [0.1, 0.15) is 4.83 Å². The highest BCUT2D eigenvalue weighted by atomic mass is 32.1. The second-order valence-electron chi connectivity index (χ2n) is 7.06. The fourth-order valence-electron chi connectivity index (χ4n) is 3.80. The number of thiophene rings is 1. The maximum absolute atomic E-state index is 12.9. The third kappa shape index (κ3) is 3.35. The molecule has 0 aliphatic heterocycles. The SMILES string of the molecule is COc1ccc(CCNc2nc3sc4c(c3c(=O)n2C)CCCC4)cc1OC. The van der Waals surface area contributed by atoms with Crippen molar-refractivity contribution in [3.8, 4) is 11.5 Å². The van der Waals surface area contributed by atoms with Crippen molar-refractivity contribution in [2.24, 2.45) is 7.05 Å². The summed E-state index contributed by atoms with van der Waals surface area (Å²) in [4.78, 5) is 19.9. The number of ether oxygens (including phenoxy) is 2. The highest BCUT2D eigenvalue weighted by molar-refractivity contribution is 7.18. The predicted molar refractivity (Wildman–Crippen MR) is 113 cm³/mol. The first-order chi connectivity index (χ1) is 13.6. The molecule has 2 heterocycles. The predicted octanol–water partition coefficient (Wildman–Crippen LogP) is 3.55. The molecule has 0 spiro atoms. The molecule has 0 atom stereocenters. The Morgan fingerprint density at radius 1 is 1.18 bits per heavy atom. The molecular formula is C21H25N3O3S. The summed E-state index contributed by atoms with van der Waals surface area (Å²) in [6, 6.07) is 5.90. The van der Waals surface area contributed by atoms with Crippen LogP contribution in [-0.4, -0.2) is 30.3 Å². The summed E-state index contributed by atoms with van der Waals surface area (Å²) >= 11 is 1.68. The van der Waals surface area contributed by atoms with E-state index in [4.69, 9.17) is 14.5 Å². The van der Waals surface area contributed by atoms with Crippen molar-refractivity contribution in [2.75, 3.05) is 26.1 Å². The van der Waals surface area contributed by atoms with Crippen LogP contribution in [0.2, 0.25) is 0 Å². The maximum atomic E-state index is 12.9. The Kier molecular flexibility index (Phi) is 5.26. The van der Waals surface area contributed by atoms with Gasteiger partial charge in [0.05, 0.1) is 19.6 Å². The van der Waals surface area contributed by atoms with Gasteiger partial charge in [-0.1, -0.05) is 6.07 Å². The van der Waals surface area contributed by atoms with E-state index in [1.54, 1.807) is 37.2 Å². The Bertz CT molecular complexity index is 1070. The third-order valence-corrected chi connectivity index (χ3v) is 6.53. The number of hydrogen-bond acceptors (Lipinski definition) is 6. The molecule has 3 aromatic rings. The van der Waals surface area contributed by atoms with Crippen LogP contribution in [0, 0.1) is 0 Å². The summed E-state index contributed by atoms with van der Waals surface area (Å²) in [7, 11) is 5.06. The number of fused-ring (bicyclic) bond motifs is 3. The van der Waals surface area contributed by atoms with E-state index in [1.807, 2.05) is 18.2 Å². The molecule has 0 radical (unpaired) electrons. The Morgan fingerprint density at radius 3 is 2.75 bits per heavy atom. The van der Waals surface area contributed by atoms with Crippen LogP contribution < -0.4 is 20.3 Å². The number of nitrogens with zero attached hydrogens (tertiary/aromatic N) is 2. The summed E-state index contributed by atoms with van der Waals surface area (Å²) in [6.45, 7) is 0.673. The number of anilines is 1. The molecule has 1 aliphatic carbocycles. The van der Waals surface area contributed by atoms with Gasteiger partial charge in [-0.25, -0.2) is 4.98 Å². The molecule has 148 valence electrons. The summed E-state index contributed by atoms with van der Waals surface area (Å²) < 4.78 is 12.3. The highest BCUT2D eigenvalue weighted by Crippen LogP contribution is 2.34. The molecule has 4 rings (SSSR count). The Morgan fingerprint density at radius 2 is 1.96 bits per heavy atom. The van der Waals surface area contributed by atoms with E-state index < -0.39 is 0 Å². The van der Waals surface area contributed by atoms with Crippen molar-refractivity contribution in [1.82, 2.24) is 9.55 Å². The number of benzene rings is 1. The molecule has 1 aromatic carbocycles. The first kappa shape index (κ1) is 18.8. The zero-order valence-electron chi connectivity index (χ0n) is 16.5. The number of aromatic nitrogens is 2. The van der Waals surface area contributed by atoms with Gasteiger partial charge < -0.3 is 14.8 Å². The molecule has 1 aliphatic rings. The number of hydrogen-bond donors (Lipinski definition) is 1. The van der Waals surface area contributed by atoms with Gasteiger partial charge in [-0.05, 0) is 55.4 Å². The van der Waals surface area contributed by atoms with Crippen LogP contribution in [0.5, 0.6) is 11.5 Å². The molecule has 0 bridgehead atoms. The van der Waals surface area contributed by atoms with Gasteiger partial charge >= 0.3 is 0 Å². The molecular weight excluding hydrogens is 374 g/mol. The topological polar surface area (TPSA) is 65.4 Å². The van der Waals surface area contributed by atoms with E-state index in [0.29, 0.717) is 12.5 Å². The molecule has 28 heavy (non-hydrogen) atoms. The van der Waals surface area contributed by atoms with E-state index in [-0.39, 0.29) is 5.56 Å². The molecule has 0 amide bonds. The first-order valence-corrected chi connectivity index (χ1v) is 10.4. The standard InChI is InChI=1S/C21H25N3O3S/c1-24-20(25)18-14-6-4-5-7-17(14)28-19(18)23-21(24)22-11-10-13-8-9-15(26-2)16(12-13)27-3/h8-9,12H,4-7,10-11H2,1-3H3,(H,22,23). The van der Waals surface area contributed by atoms with Crippen LogP contribution >= 0.6 is 11.3 Å². The molecule has 0 saturated carbocycles. The number of rotatable bonds is 6. The van der Waals surface area contributed by atoms with Crippen LogP contribution in [0.3, 0.4) is 0 Å². The van der Waals surface area contributed by atoms with Crippen molar-refractivity contribution in [1.29, 1.82) is 0 Å². The minimum absolute atomic E-state index is 0.0537. The van der Waals surface area contributed by atoms with Gasteiger partial charge in [0.2, 0.25) is 5.95 Å². The van der Waals surface area contributed by atoms with Crippen LogP contribution in [0.4, 0.5) is 5.95 Å².